The van der Waals surface area contributed by atoms with E-state index in [0.717, 1.165) is 37.7 Å². The van der Waals surface area contributed by atoms with E-state index >= 15 is 0 Å². The first-order valence-corrected chi connectivity index (χ1v) is 9.15. The Hall–Kier alpha value is -1.61. The molecule has 1 aliphatic carbocycles. The predicted octanol–water partition coefficient (Wildman–Crippen LogP) is 4.47. The molecule has 1 aliphatic rings. The van der Waals surface area contributed by atoms with Gasteiger partial charge in [-0.2, -0.15) is 0 Å². The Labute approximate surface area is 139 Å². The van der Waals surface area contributed by atoms with Gasteiger partial charge in [0.1, 0.15) is 0 Å². The summed E-state index contributed by atoms with van der Waals surface area (Å²) in [5, 5.41) is 13.8. The van der Waals surface area contributed by atoms with E-state index in [1.807, 2.05) is 0 Å². The summed E-state index contributed by atoms with van der Waals surface area (Å²) in [6.45, 7) is 1.35. The molecule has 3 heteroatoms. The molecule has 23 heavy (non-hydrogen) atoms. The van der Waals surface area contributed by atoms with Gasteiger partial charge in [0.2, 0.25) is 0 Å². The molecule has 0 aliphatic heterocycles. The first-order valence-electron chi connectivity index (χ1n) is 9.15. The quantitative estimate of drug-likeness (QED) is 0.707. The van der Waals surface area contributed by atoms with Gasteiger partial charge in [0, 0.05) is 29.9 Å². The van der Waals surface area contributed by atoms with Gasteiger partial charge in [0.15, 0.2) is 0 Å². The van der Waals surface area contributed by atoms with Crippen LogP contribution in [0.15, 0.2) is 24.3 Å². The summed E-state index contributed by atoms with van der Waals surface area (Å²) in [5.41, 5.74) is 5.22. The van der Waals surface area contributed by atoms with E-state index in [-0.39, 0.29) is 0 Å². The maximum Gasteiger partial charge on any atom is 0.0726 e. The third-order valence-corrected chi connectivity index (χ3v) is 4.81. The molecule has 0 atom stereocenters. The fourth-order valence-corrected chi connectivity index (χ4v) is 3.56. The molecular weight excluding hydrogens is 284 g/mol. The van der Waals surface area contributed by atoms with Crippen molar-refractivity contribution in [1.82, 2.24) is 4.98 Å². The summed E-state index contributed by atoms with van der Waals surface area (Å²) in [4.78, 5) is 4.89. The molecule has 3 nitrogen and oxygen atoms in total. The minimum Gasteiger partial charge on any atom is -0.396 e. The molecule has 1 heterocycles. The molecule has 0 bridgehead atoms. The summed E-state index contributed by atoms with van der Waals surface area (Å²) in [5.74, 6) is 0. The molecule has 0 unspecified atom stereocenters. The zero-order valence-electron chi connectivity index (χ0n) is 14.0. The van der Waals surface area contributed by atoms with E-state index in [9.17, 15) is 0 Å². The largest absolute Gasteiger partial charge is 0.396 e. The highest BCUT2D eigenvalue weighted by atomic mass is 16.2. The van der Waals surface area contributed by atoms with Gasteiger partial charge in [0.05, 0.1) is 5.52 Å². The smallest absolute Gasteiger partial charge is 0.0726 e. The van der Waals surface area contributed by atoms with Gasteiger partial charge in [-0.3, -0.25) is 4.98 Å². The summed E-state index contributed by atoms with van der Waals surface area (Å²) >= 11 is 0. The van der Waals surface area contributed by atoms with Crippen LogP contribution < -0.4 is 5.32 Å². The Bertz CT molecular complexity index is 639. The second kappa shape index (κ2) is 8.30. The molecule has 3 rings (SSSR count). The SMILES string of the molecule is OCCCCCCCNc1c2c(nc3ccccc13)CCCC2. The number of pyridine rings is 1. The Morgan fingerprint density at radius 2 is 1.74 bits per heavy atom. The van der Waals surface area contributed by atoms with Crippen molar-refractivity contribution < 1.29 is 5.11 Å². The average molecular weight is 312 g/mol. The normalized spacial score (nSPS) is 14.0. The first kappa shape index (κ1) is 16.3. The molecule has 0 saturated heterocycles. The maximum absolute atomic E-state index is 8.81. The number of aromatic nitrogens is 1. The number of aryl methyl sites for hydroxylation is 1. The van der Waals surface area contributed by atoms with Gasteiger partial charge < -0.3 is 10.4 Å². The number of para-hydroxylation sites is 1. The van der Waals surface area contributed by atoms with Crippen molar-refractivity contribution >= 4 is 16.6 Å². The summed E-state index contributed by atoms with van der Waals surface area (Å²) in [7, 11) is 0. The Kier molecular flexibility index (Phi) is 5.87. The molecule has 0 spiro atoms. The molecule has 1 aromatic heterocycles. The Balaban J connectivity index is 1.69. The molecule has 2 aromatic rings. The fraction of sp³-hybridized carbons (Fsp3) is 0.550. The Morgan fingerprint density at radius 3 is 2.65 bits per heavy atom. The van der Waals surface area contributed by atoms with Crippen LogP contribution in [-0.4, -0.2) is 23.2 Å². The topological polar surface area (TPSA) is 45.1 Å². The number of hydrogen-bond donors (Lipinski definition) is 2. The van der Waals surface area contributed by atoms with Crippen LogP contribution >= 0.6 is 0 Å². The zero-order valence-corrected chi connectivity index (χ0v) is 14.0. The first-order chi connectivity index (χ1) is 11.4. The molecule has 0 fully saturated rings. The van der Waals surface area contributed by atoms with Crippen molar-refractivity contribution in [3.05, 3.63) is 35.5 Å². The number of unbranched alkanes of at least 4 members (excludes halogenated alkanes) is 4. The molecule has 0 amide bonds. The van der Waals surface area contributed by atoms with E-state index in [1.54, 1.807) is 0 Å². The zero-order chi connectivity index (χ0) is 15.9. The van der Waals surface area contributed by atoms with Gasteiger partial charge in [-0.25, -0.2) is 0 Å². The van der Waals surface area contributed by atoms with Crippen molar-refractivity contribution in [2.75, 3.05) is 18.5 Å². The number of aliphatic hydroxyl groups is 1. The van der Waals surface area contributed by atoms with Crippen LogP contribution in [0.5, 0.6) is 0 Å². The van der Waals surface area contributed by atoms with E-state index in [2.05, 4.69) is 29.6 Å². The van der Waals surface area contributed by atoms with Crippen molar-refractivity contribution in [3.8, 4) is 0 Å². The lowest BCUT2D eigenvalue weighted by Crippen LogP contribution is -2.12. The highest BCUT2D eigenvalue weighted by molar-refractivity contribution is 5.93. The molecule has 2 N–H and O–H groups in total. The number of nitrogens with zero attached hydrogens (tertiary/aromatic N) is 1. The van der Waals surface area contributed by atoms with Crippen molar-refractivity contribution in [2.24, 2.45) is 0 Å². The van der Waals surface area contributed by atoms with Crippen LogP contribution in [0.1, 0.15) is 56.2 Å². The lowest BCUT2D eigenvalue weighted by atomic mass is 9.92. The highest BCUT2D eigenvalue weighted by Crippen LogP contribution is 2.33. The van der Waals surface area contributed by atoms with E-state index in [1.165, 1.54) is 54.4 Å². The van der Waals surface area contributed by atoms with Crippen LogP contribution in [0.4, 0.5) is 5.69 Å². The molecule has 1 aromatic carbocycles. The minimum absolute atomic E-state index is 0.327. The summed E-state index contributed by atoms with van der Waals surface area (Å²) in [6, 6.07) is 8.51. The standard InChI is InChI=1S/C20H28N2O/c23-15-9-3-1-2-8-14-21-20-16-10-4-6-12-18(16)22-19-13-7-5-11-17(19)20/h4,6,10,12,23H,1-3,5,7-9,11,13-15H2,(H,21,22). The van der Waals surface area contributed by atoms with Crippen molar-refractivity contribution in [3.63, 3.8) is 0 Å². The lowest BCUT2D eigenvalue weighted by Gasteiger charge is -2.21. The molecular formula is C20H28N2O. The number of aliphatic hydroxyl groups excluding tert-OH is 1. The van der Waals surface area contributed by atoms with Gasteiger partial charge in [0.25, 0.3) is 0 Å². The fourth-order valence-electron chi connectivity index (χ4n) is 3.56. The monoisotopic (exact) mass is 312 g/mol. The molecule has 124 valence electrons. The van der Waals surface area contributed by atoms with Gasteiger partial charge >= 0.3 is 0 Å². The second-order valence-electron chi connectivity index (χ2n) is 6.55. The number of nitrogens with one attached hydrogen (secondary N) is 1. The van der Waals surface area contributed by atoms with E-state index in [4.69, 9.17) is 10.1 Å². The third-order valence-electron chi connectivity index (χ3n) is 4.81. The molecule has 0 saturated carbocycles. The number of fused-ring (bicyclic) bond motifs is 2. The van der Waals surface area contributed by atoms with Crippen LogP contribution in [0, 0.1) is 0 Å². The van der Waals surface area contributed by atoms with Gasteiger partial charge in [-0.1, -0.05) is 37.5 Å². The number of benzene rings is 1. The van der Waals surface area contributed by atoms with E-state index in [0.29, 0.717) is 6.61 Å². The van der Waals surface area contributed by atoms with Crippen molar-refractivity contribution in [1.29, 1.82) is 0 Å². The van der Waals surface area contributed by atoms with Crippen molar-refractivity contribution in [2.45, 2.75) is 57.8 Å². The lowest BCUT2D eigenvalue weighted by molar-refractivity contribution is 0.282. The van der Waals surface area contributed by atoms with Crippen LogP contribution in [0.25, 0.3) is 10.9 Å². The minimum atomic E-state index is 0.327. The number of anilines is 1. The number of rotatable bonds is 8. The Morgan fingerprint density at radius 1 is 0.957 bits per heavy atom. The van der Waals surface area contributed by atoms with Crippen LogP contribution in [-0.2, 0) is 12.8 Å². The predicted molar refractivity (Wildman–Crippen MR) is 97.0 cm³/mol. The summed E-state index contributed by atoms with van der Waals surface area (Å²) < 4.78 is 0. The van der Waals surface area contributed by atoms with Gasteiger partial charge in [-0.15, -0.1) is 0 Å². The van der Waals surface area contributed by atoms with Gasteiger partial charge in [-0.05, 0) is 50.2 Å². The van der Waals surface area contributed by atoms with Crippen LogP contribution in [0.2, 0.25) is 0 Å². The highest BCUT2D eigenvalue weighted by Gasteiger charge is 2.17. The molecule has 0 radical (unpaired) electrons. The summed E-state index contributed by atoms with van der Waals surface area (Å²) in [6.07, 6.45) is 10.6. The van der Waals surface area contributed by atoms with E-state index < -0.39 is 0 Å². The average Bonchev–Trinajstić information content (AvgIpc) is 2.60. The third kappa shape index (κ3) is 4.03. The van der Waals surface area contributed by atoms with Crippen LogP contribution in [0.3, 0.4) is 0 Å². The maximum atomic E-state index is 8.81. The second-order valence-corrected chi connectivity index (χ2v) is 6.55. The number of hydrogen-bond acceptors (Lipinski definition) is 3.